The minimum Gasteiger partial charge on any atom is -0.479 e. The zero-order chi connectivity index (χ0) is 14.7. The molecule has 0 radical (unpaired) electrons. The number of halogens is 2. The Morgan fingerprint density at radius 2 is 2.20 bits per heavy atom. The molecule has 1 fully saturated rings. The van der Waals surface area contributed by atoms with Crippen molar-refractivity contribution in [1.29, 1.82) is 0 Å². The lowest BCUT2D eigenvalue weighted by Crippen LogP contribution is -2.40. The van der Waals surface area contributed by atoms with Gasteiger partial charge in [-0.05, 0) is 43.9 Å². The first kappa shape index (κ1) is 15.4. The fourth-order valence-corrected chi connectivity index (χ4v) is 2.26. The third kappa shape index (κ3) is 4.27. The van der Waals surface area contributed by atoms with Gasteiger partial charge in [0, 0.05) is 11.6 Å². The largest absolute Gasteiger partial charge is 0.479 e. The molecule has 0 aliphatic heterocycles. The number of amides is 1. The number of carbonyl (C=O) groups excluding carboxylic acids is 1. The molecule has 20 heavy (non-hydrogen) atoms. The molecule has 4 nitrogen and oxygen atoms in total. The van der Waals surface area contributed by atoms with Crippen LogP contribution in [-0.2, 0) is 4.79 Å². The smallest absolute Gasteiger partial charge is 0.260 e. The van der Waals surface area contributed by atoms with E-state index in [4.69, 9.17) is 27.9 Å². The first-order valence-corrected chi connectivity index (χ1v) is 7.30. The van der Waals surface area contributed by atoms with E-state index in [0.717, 1.165) is 12.8 Å². The third-order valence-electron chi connectivity index (χ3n) is 3.22. The Hall–Kier alpha value is -0.970. The first-order valence-electron chi connectivity index (χ1n) is 6.55. The molecule has 2 rings (SSSR count). The quantitative estimate of drug-likeness (QED) is 0.848. The standard InChI is InChI=1S/C14H17Cl2NO3/c1-8(14(19)17-7-12(18)9-2-3-9)20-13-5-4-10(15)6-11(13)16/h4-6,8-9,12,18H,2-3,7H2,1H3,(H,17,19). The number of hydrogen-bond donors (Lipinski definition) is 2. The van der Waals surface area contributed by atoms with E-state index in [1.54, 1.807) is 25.1 Å². The van der Waals surface area contributed by atoms with Crippen molar-refractivity contribution in [1.82, 2.24) is 5.32 Å². The Bertz CT molecular complexity index is 491. The van der Waals surface area contributed by atoms with Crippen LogP contribution < -0.4 is 10.1 Å². The van der Waals surface area contributed by atoms with Crippen molar-refractivity contribution in [3.8, 4) is 5.75 Å². The van der Waals surface area contributed by atoms with E-state index < -0.39 is 12.2 Å². The highest BCUT2D eigenvalue weighted by atomic mass is 35.5. The van der Waals surface area contributed by atoms with E-state index in [1.807, 2.05) is 0 Å². The van der Waals surface area contributed by atoms with Gasteiger partial charge in [-0.25, -0.2) is 0 Å². The van der Waals surface area contributed by atoms with Crippen LogP contribution in [0.4, 0.5) is 0 Å². The van der Waals surface area contributed by atoms with Crippen molar-refractivity contribution in [2.24, 2.45) is 5.92 Å². The zero-order valence-electron chi connectivity index (χ0n) is 11.1. The molecule has 1 saturated carbocycles. The summed E-state index contributed by atoms with van der Waals surface area (Å²) in [4.78, 5) is 11.9. The normalized spacial score (nSPS) is 17.4. The number of carbonyl (C=O) groups is 1. The van der Waals surface area contributed by atoms with Gasteiger partial charge in [0.15, 0.2) is 6.10 Å². The van der Waals surface area contributed by atoms with Crippen molar-refractivity contribution < 1.29 is 14.6 Å². The van der Waals surface area contributed by atoms with Gasteiger partial charge in [0.1, 0.15) is 5.75 Å². The molecule has 6 heteroatoms. The molecule has 0 saturated heterocycles. The summed E-state index contributed by atoms with van der Waals surface area (Å²) in [6.07, 6.45) is 0.901. The predicted octanol–water partition coefficient (Wildman–Crippen LogP) is 2.65. The minimum atomic E-state index is -0.694. The number of benzene rings is 1. The Morgan fingerprint density at radius 1 is 1.50 bits per heavy atom. The molecule has 2 N–H and O–H groups in total. The molecule has 1 aromatic rings. The fourth-order valence-electron chi connectivity index (χ4n) is 1.81. The number of ether oxygens (including phenoxy) is 1. The van der Waals surface area contributed by atoms with Gasteiger partial charge in [0.05, 0.1) is 11.1 Å². The Balaban J connectivity index is 1.83. The molecule has 0 heterocycles. The Kier molecular flexibility index (Phi) is 5.13. The maximum Gasteiger partial charge on any atom is 0.260 e. The van der Waals surface area contributed by atoms with E-state index in [0.29, 0.717) is 21.7 Å². The van der Waals surface area contributed by atoms with Gasteiger partial charge in [0.2, 0.25) is 0 Å². The SMILES string of the molecule is CC(Oc1ccc(Cl)cc1Cl)C(=O)NCC(O)C1CC1. The fraction of sp³-hybridized carbons (Fsp3) is 0.500. The average Bonchev–Trinajstić information content (AvgIpc) is 3.23. The lowest BCUT2D eigenvalue weighted by Gasteiger charge is -2.17. The molecule has 0 aromatic heterocycles. The number of hydrogen-bond acceptors (Lipinski definition) is 3. The molecule has 1 amide bonds. The summed E-state index contributed by atoms with van der Waals surface area (Å²) < 4.78 is 5.49. The van der Waals surface area contributed by atoms with Crippen molar-refractivity contribution >= 4 is 29.1 Å². The Morgan fingerprint density at radius 3 is 2.80 bits per heavy atom. The summed E-state index contributed by atoms with van der Waals surface area (Å²) in [7, 11) is 0. The van der Waals surface area contributed by atoms with Crippen LogP contribution in [0, 0.1) is 5.92 Å². The van der Waals surface area contributed by atoms with Crippen molar-refractivity contribution in [3.05, 3.63) is 28.2 Å². The van der Waals surface area contributed by atoms with Crippen LogP contribution in [0.2, 0.25) is 10.0 Å². The second kappa shape index (κ2) is 6.66. The molecule has 0 spiro atoms. The molecule has 1 aliphatic carbocycles. The molecule has 2 atom stereocenters. The molecular weight excluding hydrogens is 301 g/mol. The van der Waals surface area contributed by atoms with E-state index in [-0.39, 0.29) is 12.5 Å². The van der Waals surface area contributed by atoms with Crippen LogP contribution in [-0.4, -0.2) is 29.8 Å². The van der Waals surface area contributed by atoms with Crippen molar-refractivity contribution in [2.75, 3.05) is 6.54 Å². The van der Waals surface area contributed by atoms with Crippen molar-refractivity contribution in [3.63, 3.8) is 0 Å². The summed E-state index contributed by atoms with van der Waals surface area (Å²) >= 11 is 11.8. The first-order chi connectivity index (χ1) is 9.47. The van der Waals surface area contributed by atoms with Crippen LogP contribution in [0.25, 0.3) is 0 Å². The summed E-state index contributed by atoms with van der Waals surface area (Å²) in [5, 5.41) is 13.2. The molecule has 1 aromatic carbocycles. The van der Waals surface area contributed by atoms with E-state index in [1.165, 1.54) is 0 Å². The zero-order valence-corrected chi connectivity index (χ0v) is 12.6. The van der Waals surface area contributed by atoms with E-state index in [9.17, 15) is 9.90 Å². The van der Waals surface area contributed by atoms with Crippen molar-refractivity contribution in [2.45, 2.75) is 32.0 Å². The van der Waals surface area contributed by atoms with Gasteiger partial charge < -0.3 is 15.2 Å². The number of rotatable bonds is 6. The highest BCUT2D eigenvalue weighted by Crippen LogP contribution is 2.32. The van der Waals surface area contributed by atoms with Gasteiger partial charge in [-0.15, -0.1) is 0 Å². The number of nitrogens with one attached hydrogen (secondary N) is 1. The maximum absolute atomic E-state index is 11.9. The monoisotopic (exact) mass is 317 g/mol. The lowest BCUT2D eigenvalue weighted by molar-refractivity contribution is -0.127. The topological polar surface area (TPSA) is 58.6 Å². The summed E-state index contributed by atoms with van der Waals surface area (Å²) in [6, 6.07) is 4.82. The number of aliphatic hydroxyl groups excluding tert-OH is 1. The van der Waals surface area contributed by atoms with E-state index in [2.05, 4.69) is 5.32 Å². The van der Waals surface area contributed by atoms with Gasteiger partial charge in [-0.2, -0.15) is 0 Å². The molecule has 1 aliphatic rings. The summed E-state index contributed by atoms with van der Waals surface area (Å²) in [5.74, 6) is 0.453. The maximum atomic E-state index is 11.9. The average molecular weight is 318 g/mol. The van der Waals surface area contributed by atoms with Crippen LogP contribution in [0.1, 0.15) is 19.8 Å². The highest BCUT2D eigenvalue weighted by molar-refractivity contribution is 6.35. The van der Waals surface area contributed by atoms with Crippen LogP contribution >= 0.6 is 23.2 Å². The second-order valence-corrected chi connectivity index (χ2v) is 5.83. The molecule has 0 bridgehead atoms. The van der Waals surface area contributed by atoms with Gasteiger partial charge in [0.25, 0.3) is 5.91 Å². The van der Waals surface area contributed by atoms with Gasteiger partial charge in [-0.3, -0.25) is 4.79 Å². The number of aliphatic hydroxyl groups is 1. The minimum absolute atomic E-state index is 0.256. The lowest BCUT2D eigenvalue weighted by atomic mass is 10.2. The van der Waals surface area contributed by atoms with Gasteiger partial charge in [-0.1, -0.05) is 23.2 Å². The van der Waals surface area contributed by atoms with E-state index >= 15 is 0 Å². The van der Waals surface area contributed by atoms with Crippen LogP contribution in [0.3, 0.4) is 0 Å². The highest BCUT2D eigenvalue weighted by Gasteiger charge is 2.30. The van der Waals surface area contributed by atoms with Crippen LogP contribution in [0.5, 0.6) is 5.75 Å². The molecule has 110 valence electrons. The third-order valence-corrected chi connectivity index (χ3v) is 3.75. The van der Waals surface area contributed by atoms with Gasteiger partial charge >= 0.3 is 0 Å². The predicted molar refractivity (Wildman–Crippen MR) is 78.3 cm³/mol. The molecular formula is C14H17Cl2NO3. The molecule has 2 unspecified atom stereocenters. The second-order valence-electron chi connectivity index (χ2n) is 4.98. The Labute approximate surface area is 128 Å². The summed E-state index contributed by atoms with van der Waals surface area (Å²) in [5.41, 5.74) is 0. The summed E-state index contributed by atoms with van der Waals surface area (Å²) in [6.45, 7) is 1.88. The van der Waals surface area contributed by atoms with Crippen LogP contribution in [0.15, 0.2) is 18.2 Å².